The Morgan fingerprint density at radius 2 is 1.85 bits per heavy atom. The highest BCUT2D eigenvalue weighted by atomic mass is 16.5. The number of aliphatic hydroxyl groups is 1. The maximum Gasteiger partial charge on any atom is 0.314 e. The molecule has 1 heterocycles. The number of ether oxygens (including phenoxy) is 1. The number of benzene rings is 1. The van der Waals surface area contributed by atoms with Crippen LogP contribution < -0.4 is 4.74 Å². The second-order valence-corrected chi connectivity index (χ2v) is 8.12. The van der Waals surface area contributed by atoms with E-state index in [1.165, 1.54) is 0 Å². The first kappa shape index (κ1) is 21.2. The number of carboxylic acids is 1. The molecule has 1 aromatic rings. The molecule has 1 saturated heterocycles. The van der Waals surface area contributed by atoms with E-state index in [9.17, 15) is 19.8 Å². The zero-order valence-electron chi connectivity index (χ0n) is 16.6. The van der Waals surface area contributed by atoms with Crippen molar-refractivity contribution in [2.75, 3.05) is 13.1 Å². The third-order valence-corrected chi connectivity index (χ3v) is 5.14. The molecule has 1 aromatic carbocycles. The Hall–Kier alpha value is -2.08. The fraction of sp³-hybridized carbons (Fsp3) is 0.619. The normalized spacial score (nSPS) is 22.9. The van der Waals surface area contributed by atoms with Gasteiger partial charge in [-0.05, 0) is 63.3 Å². The van der Waals surface area contributed by atoms with E-state index in [0.717, 1.165) is 0 Å². The van der Waals surface area contributed by atoms with Gasteiger partial charge in [-0.1, -0.05) is 13.8 Å². The predicted molar refractivity (Wildman–Crippen MR) is 103 cm³/mol. The summed E-state index contributed by atoms with van der Waals surface area (Å²) in [7, 11) is 0. The van der Waals surface area contributed by atoms with Gasteiger partial charge in [0, 0.05) is 18.7 Å². The van der Waals surface area contributed by atoms with Gasteiger partial charge in [-0.2, -0.15) is 0 Å². The van der Waals surface area contributed by atoms with Crippen molar-refractivity contribution in [3.05, 3.63) is 29.8 Å². The Balaban J connectivity index is 2.17. The number of aliphatic carboxylic acids is 1. The van der Waals surface area contributed by atoms with E-state index in [1.54, 1.807) is 29.2 Å². The number of carbonyl (C=O) groups is 2. The van der Waals surface area contributed by atoms with Crippen LogP contribution in [0, 0.1) is 11.3 Å². The lowest BCUT2D eigenvalue weighted by Crippen LogP contribution is -2.57. The van der Waals surface area contributed by atoms with Gasteiger partial charge in [-0.25, -0.2) is 0 Å². The summed E-state index contributed by atoms with van der Waals surface area (Å²) in [5.74, 6) is -0.234. The number of hydrogen-bond acceptors (Lipinski definition) is 4. The second-order valence-electron chi connectivity index (χ2n) is 8.12. The van der Waals surface area contributed by atoms with Crippen LogP contribution in [0.4, 0.5) is 0 Å². The highest BCUT2D eigenvalue weighted by molar-refractivity contribution is 5.95. The number of hydrogen-bond donors (Lipinski definition) is 2. The maximum absolute atomic E-state index is 12.9. The molecule has 1 aliphatic rings. The van der Waals surface area contributed by atoms with E-state index in [2.05, 4.69) is 0 Å². The van der Waals surface area contributed by atoms with Crippen molar-refractivity contribution < 1.29 is 24.5 Å². The fourth-order valence-electron chi connectivity index (χ4n) is 3.49. The van der Waals surface area contributed by atoms with Crippen LogP contribution in [0.5, 0.6) is 5.75 Å². The summed E-state index contributed by atoms with van der Waals surface area (Å²) in [6.07, 6.45) is 0.413. The van der Waals surface area contributed by atoms with E-state index in [-0.39, 0.29) is 25.0 Å². The third-order valence-electron chi connectivity index (χ3n) is 5.14. The number of carboxylic acid groups (broad SMARTS) is 1. The summed E-state index contributed by atoms with van der Waals surface area (Å²) in [6, 6.07) is 6.88. The molecule has 0 bridgehead atoms. The average molecular weight is 377 g/mol. The molecule has 0 saturated carbocycles. The van der Waals surface area contributed by atoms with Crippen LogP contribution in [0.25, 0.3) is 0 Å². The first-order valence-corrected chi connectivity index (χ1v) is 9.63. The van der Waals surface area contributed by atoms with Crippen molar-refractivity contribution >= 4 is 11.9 Å². The fourth-order valence-corrected chi connectivity index (χ4v) is 3.49. The summed E-state index contributed by atoms with van der Waals surface area (Å²) in [4.78, 5) is 26.5. The van der Waals surface area contributed by atoms with Gasteiger partial charge in [0.25, 0.3) is 5.91 Å². The van der Waals surface area contributed by atoms with Gasteiger partial charge in [-0.15, -0.1) is 0 Å². The van der Waals surface area contributed by atoms with Gasteiger partial charge in [0.1, 0.15) is 11.2 Å². The predicted octanol–water partition coefficient (Wildman–Crippen LogP) is 3.19. The van der Waals surface area contributed by atoms with Gasteiger partial charge in [0.15, 0.2) is 0 Å². The lowest BCUT2D eigenvalue weighted by Gasteiger charge is -2.43. The molecule has 0 unspecified atom stereocenters. The van der Waals surface area contributed by atoms with Crippen LogP contribution in [-0.2, 0) is 4.79 Å². The van der Waals surface area contributed by atoms with E-state index in [1.807, 2.05) is 27.7 Å². The van der Waals surface area contributed by atoms with E-state index in [0.29, 0.717) is 36.6 Å². The van der Waals surface area contributed by atoms with E-state index in [4.69, 9.17) is 4.74 Å². The summed E-state index contributed by atoms with van der Waals surface area (Å²) < 4.78 is 5.59. The number of carbonyl (C=O) groups excluding carboxylic acids is 1. The number of aliphatic hydroxyl groups excluding tert-OH is 1. The Bertz CT molecular complexity index is 655. The first-order valence-electron chi connectivity index (χ1n) is 9.63. The van der Waals surface area contributed by atoms with E-state index < -0.39 is 17.5 Å². The van der Waals surface area contributed by atoms with Crippen LogP contribution in [0.2, 0.25) is 0 Å². The van der Waals surface area contributed by atoms with Crippen LogP contribution >= 0.6 is 0 Å². The molecule has 2 N–H and O–H groups in total. The van der Waals surface area contributed by atoms with Crippen molar-refractivity contribution in [2.24, 2.45) is 11.3 Å². The summed E-state index contributed by atoms with van der Waals surface area (Å²) >= 11 is 0. The molecule has 0 spiro atoms. The van der Waals surface area contributed by atoms with Crippen LogP contribution in [-0.4, -0.2) is 52.3 Å². The van der Waals surface area contributed by atoms with Gasteiger partial charge < -0.3 is 19.8 Å². The zero-order chi connectivity index (χ0) is 20.2. The molecule has 1 fully saturated rings. The molecule has 2 atom stereocenters. The standard InChI is InChI=1S/C21H31NO5/c1-14(2)9-11-21(20(25)26)13-22(12-10-18(21)23)19(24)16-5-7-17(8-6-16)27-15(3)4/h5-8,14-15,18,23H,9-13H2,1-4H3,(H,25,26)/t18-,21-/m1/s1. The van der Waals surface area contributed by atoms with Gasteiger partial charge >= 0.3 is 5.97 Å². The first-order chi connectivity index (χ1) is 12.7. The zero-order valence-corrected chi connectivity index (χ0v) is 16.6. The number of nitrogens with zero attached hydrogens (tertiary/aromatic N) is 1. The van der Waals surface area contributed by atoms with Gasteiger partial charge in [-0.3, -0.25) is 9.59 Å². The third kappa shape index (κ3) is 5.01. The minimum atomic E-state index is -1.31. The monoisotopic (exact) mass is 377 g/mol. The summed E-state index contributed by atoms with van der Waals surface area (Å²) in [6.45, 7) is 8.28. The average Bonchev–Trinajstić information content (AvgIpc) is 2.60. The molecule has 6 heteroatoms. The minimum Gasteiger partial charge on any atom is -0.491 e. The smallest absolute Gasteiger partial charge is 0.314 e. The van der Waals surface area contributed by atoms with Crippen molar-refractivity contribution in [1.82, 2.24) is 4.90 Å². The largest absolute Gasteiger partial charge is 0.491 e. The molecule has 0 radical (unpaired) electrons. The molecule has 0 aromatic heterocycles. The minimum absolute atomic E-state index is 0.0271. The Labute approximate surface area is 161 Å². The van der Waals surface area contributed by atoms with Crippen LogP contribution in [0.15, 0.2) is 24.3 Å². The SMILES string of the molecule is CC(C)CC[C@@]1(C(=O)O)CN(C(=O)c2ccc(OC(C)C)cc2)CC[C@H]1O. The Morgan fingerprint density at radius 3 is 2.37 bits per heavy atom. The molecule has 1 aliphatic heterocycles. The van der Waals surface area contributed by atoms with Gasteiger partial charge in [0.05, 0.1) is 12.2 Å². The molecule has 0 aliphatic carbocycles. The summed E-state index contributed by atoms with van der Waals surface area (Å²) in [5.41, 5.74) is -0.815. The molecule has 27 heavy (non-hydrogen) atoms. The lowest BCUT2D eigenvalue weighted by atomic mass is 9.72. The highest BCUT2D eigenvalue weighted by Gasteiger charge is 2.49. The van der Waals surface area contributed by atoms with Crippen molar-refractivity contribution in [3.8, 4) is 5.75 Å². The van der Waals surface area contributed by atoms with Crippen molar-refractivity contribution in [1.29, 1.82) is 0 Å². The molecular weight excluding hydrogens is 346 g/mol. The number of likely N-dealkylation sites (tertiary alicyclic amines) is 1. The topological polar surface area (TPSA) is 87.1 Å². The van der Waals surface area contributed by atoms with Crippen LogP contribution in [0.1, 0.15) is 57.3 Å². The molecular formula is C21H31NO5. The molecule has 150 valence electrons. The van der Waals surface area contributed by atoms with Crippen LogP contribution in [0.3, 0.4) is 0 Å². The quantitative estimate of drug-likeness (QED) is 0.762. The highest BCUT2D eigenvalue weighted by Crippen LogP contribution is 2.37. The molecule has 6 nitrogen and oxygen atoms in total. The Morgan fingerprint density at radius 1 is 1.22 bits per heavy atom. The van der Waals surface area contributed by atoms with Crippen molar-refractivity contribution in [3.63, 3.8) is 0 Å². The van der Waals surface area contributed by atoms with Gasteiger partial charge in [0.2, 0.25) is 0 Å². The number of rotatable bonds is 7. The lowest BCUT2D eigenvalue weighted by molar-refractivity contribution is -0.163. The number of amides is 1. The molecule has 2 rings (SSSR count). The van der Waals surface area contributed by atoms with E-state index >= 15 is 0 Å². The second kappa shape index (κ2) is 8.74. The Kier molecular flexibility index (Phi) is 6.87. The molecule has 1 amide bonds. The number of piperidine rings is 1. The summed E-state index contributed by atoms with van der Waals surface area (Å²) in [5, 5.41) is 20.3. The van der Waals surface area contributed by atoms with Crippen molar-refractivity contribution in [2.45, 2.75) is 59.2 Å². The maximum atomic E-state index is 12.9.